The van der Waals surface area contributed by atoms with Crippen molar-refractivity contribution in [3.8, 4) is 0 Å². The first-order valence-corrected chi connectivity index (χ1v) is 8.35. The number of carbonyl (C=O) groups excluding carboxylic acids is 1. The van der Waals surface area contributed by atoms with Crippen molar-refractivity contribution in [3.05, 3.63) is 53.9 Å². The van der Waals surface area contributed by atoms with Crippen LogP contribution >= 0.6 is 0 Å². The van der Waals surface area contributed by atoms with Crippen LogP contribution in [0.25, 0.3) is 0 Å². The Morgan fingerprint density at radius 3 is 2.92 bits per heavy atom. The van der Waals surface area contributed by atoms with Gasteiger partial charge >= 0.3 is 0 Å². The van der Waals surface area contributed by atoms with Gasteiger partial charge in [0, 0.05) is 25.7 Å². The molecule has 1 amide bonds. The molecule has 3 rings (SSSR count). The standard InChI is InChI=1S/C18H23N3O3/c1-2-15(19-18(22)16-8-10-24-20-16)17-13-21(9-11-23-17)12-14-6-4-3-5-7-14/h3-8,10,15,17H,2,9,11-13H2,1H3,(H,19,22)/t15-,17-/m1/s1. The second-order valence-corrected chi connectivity index (χ2v) is 6.00. The van der Waals surface area contributed by atoms with Crippen LogP contribution in [0.5, 0.6) is 0 Å². The van der Waals surface area contributed by atoms with Crippen LogP contribution in [0.15, 0.2) is 47.2 Å². The fourth-order valence-corrected chi connectivity index (χ4v) is 2.99. The lowest BCUT2D eigenvalue weighted by molar-refractivity contribution is -0.0483. The molecular weight excluding hydrogens is 306 g/mol. The summed E-state index contributed by atoms with van der Waals surface area (Å²) in [4.78, 5) is 14.6. The van der Waals surface area contributed by atoms with E-state index in [-0.39, 0.29) is 18.1 Å². The van der Waals surface area contributed by atoms with Gasteiger partial charge in [-0.3, -0.25) is 9.69 Å². The van der Waals surface area contributed by atoms with Gasteiger partial charge in [0.1, 0.15) is 6.26 Å². The Bertz CT molecular complexity index is 630. The number of morpholine rings is 1. The normalized spacial score (nSPS) is 19.8. The van der Waals surface area contributed by atoms with Crippen LogP contribution in [0.4, 0.5) is 0 Å². The molecule has 0 aliphatic carbocycles. The second kappa shape index (κ2) is 8.08. The Hall–Kier alpha value is -2.18. The maximum absolute atomic E-state index is 12.2. The highest BCUT2D eigenvalue weighted by Gasteiger charge is 2.29. The highest BCUT2D eigenvalue weighted by atomic mass is 16.5. The van der Waals surface area contributed by atoms with Crippen molar-refractivity contribution >= 4 is 5.91 Å². The minimum atomic E-state index is -0.223. The van der Waals surface area contributed by atoms with Crippen LogP contribution in [0.1, 0.15) is 29.4 Å². The monoisotopic (exact) mass is 329 g/mol. The first-order valence-electron chi connectivity index (χ1n) is 8.35. The molecule has 0 bridgehead atoms. The highest BCUT2D eigenvalue weighted by molar-refractivity contribution is 5.92. The number of carbonyl (C=O) groups is 1. The van der Waals surface area contributed by atoms with Crippen LogP contribution in [-0.2, 0) is 11.3 Å². The highest BCUT2D eigenvalue weighted by Crippen LogP contribution is 2.15. The van der Waals surface area contributed by atoms with E-state index in [1.807, 2.05) is 13.0 Å². The zero-order valence-corrected chi connectivity index (χ0v) is 13.9. The molecule has 1 saturated heterocycles. The van der Waals surface area contributed by atoms with E-state index in [4.69, 9.17) is 9.26 Å². The van der Waals surface area contributed by atoms with E-state index in [9.17, 15) is 4.79 Å². The Morgan fingerprint density at radius 1 is 1.38 bits per heavy atom. The smallest absolute Gasteiger partial charge is 0.273 e. The molecule has 2 heterocycles. The molecule has 2 aromatic rings. The molecule has 6 nitrogen and oxygen atoms in total. The molecule has 0 radical (unpaired) electrons. The molecule has 0 unspecified atom stereocenters. The number of hydrogen-bond donors (Lipinski definition) is 1. The third-order valence-electron chi connectivity index (χ3n) is 4.30. The van der Waals surface area contributed by atoms with Gasteiger partial charge in [0.25, 0.3) is 5.91 Å². The maximum atomic E-state index is 12.2. The predicted octanol–water partition coefficient (Wildman–Crippen LogP) is 2.08. The van der Waals surface area contributed by atoms with E-state index in [1.54, 1.807) is 6.07 Å². The SMILES string of the molecule is CC[C@@H](NC(=O)c1ccon1)[C@H]1CN(Cc2ccccc2)CCO1. The van der Waals surface area contributed by atoms with Gasteiger partial charge in [-0.05, 0) is 12.0 Å². The van der Waals surface area contributed by atoms with Crippen molar-refractivity contribution in [2.75, 3.05) is 19.7 Å². The van der Waals surface area contributed by atoms with Crippen LogP contribution in [-0.4, -0.2) is 47.8 Å². The van der Waals surface area contributed by atoms with Crippen molar-refractivity contribution in [3.63, 3.8) is 0 Å². The van der Waals surface area contributed by atoms with Crippen molar-refractivity contribution in [1.82, 2.24) is 15.4 Å². The Morgan fingerprint density at radius 2 is 2.21 bits per heavy atom. The predicted molar refractivity (Wildman–Crippen MR) is 89.5 cm³/mol. The van der Waals surface area contributed by atoms with Gasteiger partial charge in [0.2, 0.25) is 0 Å². The van der Waals surface area contributed by atoms with E-state index >= 15 is 0 Å². The van der Waals surface area contributed by atoms with Crippen molar-refractivity contribution in [1.29, 1.82) is 0 Å². The van der Waals surface area contributed by atoms with Crippen molar-refractivity contribution in [2.24, 2.45) is 0 Å². The fraction of sp³-hybridized carbons (Fsp3) is 0.444. The zero-order valence-electron chi connectivity index (χ0n) is 13.9. The van der Waals surface area contributed by atoms with Gasteiger partial charge in [0.05, 0.1) is 18.8 Å². The average molecular weight is 329 g/mol. The van der Waals surface area contributed by atoms with Crippen LogP contribution in [0, 0.1) is 0 Å². The molecule has 1 aromatic carbocycles. The zero-order chi connectivity index (χ0) is 16.8. The van der Waals surface area contributed by atoms with Gasteiger partial charge in [-0.1, -0.05) is 42.4 Å². The van der Waals surface area contributed by atoms with Gasteiger partial charge < -0.3 is 14.6 Å². The third kappa shape index (κ3) is 4.21. The molecule has 1 aromatic heterocycles. The van der Waals surface area contributed by atoms with Crippen LogP contribution in [0.3, 0.4) is 0 Å². The van der Waals surface area contributed by atoms with Crippen LogP contribution in [0.2, 0.25) is 0 Å². The summed E-state index contributed by atoms with van der Waals surface area (Å²) >= 11 is 0. The maximum Gasteiger partial charge on any atom is 0.273 e. The van der Waals surface area contributed by atoms with Crippen molar-refractivity contribution < 1.29 is 14.1 Å². The number of ether oxygens (including phenoxy) is 1. The molecule has 6 heteroatoms. The summed E-state index contributed by atoms with van der Waals surface area (Å²) in [6.45, 7) is 5.32. The summed E-state index contributed by atoms with van der Waals surface area (Å²) < 4.78 is 10.6. The molecule has 2 atom stereocenters. The number of rotatable bonds is 6. The lowest BCUT2D eigenvalue weighted by atomic mass is 10.1. The first kappa shape index (κ1) is 16.7. The number of nitrogens with one attached hydrogen (secondary N) is 1. The summed E-state index contributed by atoms with van der Waals surface area (Å²) in [6.07, 6.45) is 2.17. The van der Waals surface area contributed by atoms with E-state index in [0.29, 0.717) is 12.3 Å². The molecular formula is C18H23N3O3. The van der Waals surface area contributed by atoms with E-state index in [0.717, 1.165) is 26.1 Å². The van der Waals surface area contributed by atoms with Gasteiger partial charge in [-0.25, -0.2) is 0 Å². The van der Waals surface area contributed by atoms with Crippen LogP contribution < -0.4 is 5.32 Å². The van der Waals surface area contributed by atoms with Gasteiger partial charge in [0.15, 0.2) is 5.69 Å². The van der Waals surface area contributed by atoms with Crippen molar-refractivity contribution in [2.45, 2.75) is 32.0 Å². The second-order valence-electron chi connectivity index (χ2n) is 6.00. The lowest BCUT2D eigenvalue weighted by Gasteiger charge is -2.37. The quantitative estimate of drug-likeness (QED) is 0.879. The topological polar surface area (TPSA) is 67.6 Å². The minimum Gasteiger partial charge on any atom is -0.373 e. The Labute approximate surface area is 141 Å². The first-order chi connectivity index (χ1) is 11.8. The van der Waals surface area contributed by atoms with E-state index < -0.39 is 0 Å². The minimum absolute atomic E-state index is 0.0247. The number of nitrogens with zero attached hydrogens (tertiary/aromatic N) is 2. The number of hydrogen-bond acceptors (Lipinski definition) is 5. The average Bonchev–Trinajstić information content (AvgIpc) is 3.15. The summed E-state index contributed by atoms with van der Waals surface area (Å²) in [5, 5.41) is 6.69. The van der Waals surface area contributed by atoms with Gasteiger partial charge in [-0.15, -0.1) is 0 Å². The molecule has 128 valence electrons. The third-order valence-corrected chi connectivity index (χ3v) is 4.30. The molecule has 24 heavy (non-hydrogen) atoms. The summed E-state index contributed by atoms with van der Waals surface area (Å²) in [7, 11) is 0. The molecule has 0 saturated carbocycles. The lowest BCUT2D eigenvalue weighted by Crippen LogP contribution is -2.53. The molecule has 1 N–H and O–H groups in total. The number of benzene rings is 1. The Balaban J connectivity index is 1.58. The van der Waals surface area contributed by atoms with Gasteiger partial charge in [-0.2, -0.15) is 0 Å². The molecule has 1 aliphatic heterocycles. The van der Waals surface area contributed by atoms with E-state index in [2.05, 4.69) is 39.6 Å². The molecule has 1 aliphatic rings. The summed E-state index contributed by atoms with van der Waals surface area (Å²) in [5.74, 6) is -0.223. The number of aromatic nitrogens is 1. The molecule has 0 spiro atoms. The summed E-state index contributed by atoms with van der Waals surface area (Å²) in [6, 6.07) is 11.9. The molecule has 1 fully saturated rings. The van der Waals surface area contributed by atoms with E-state index in [1.165, 1.54) is 11.8 Å². The largest absolute Gasteiger partial charge is 0.373 e. The summed E-state index contributed by atoms with van der Waals surface area (Å²) in [5.41, 5.74) is 1.59. The Kier molecular flexibility index (Phi) is 5.61. The fourth-order valence-electron chi connectivity index (χ4n) is 2.99. The number of amides is 1.